The van der Waals surface area contributed by atoms with Crippen LogP contribution in [0.25, 0.3) is 0 Å². The molecule has 2 aliphatic rings. The minimum atomic E-state index is -0.0137. The Balaban J connectivity index is 1.45. The number of nitrogens with two attached hydrogens (primary N) is 1. The number of carbonyl (C=O) groups excluding carboxylic acids is 1. The average molecular weight is 331 g/mol. The van der Waals surface area contributed by atoms with Crippen LogP contribution in [0.15, 0.2) is 30.3 Å². The van der Waals surface area contributed by atoms with Crippen molar-refractivity contribution in [3.05, 3.63) is 35.9 Å². The first-order valence-corrected chi connectivity index (χ1v) is 9.12. The molecule has 2 fully saturated rings. The van der Waals surface area contributed by atoms with Crippen LogP contribution < -0.4 is 11.1 Å². The van der Waals surface area contributed by atoms with E-state index in [-0.39, 0.29) is 18.1 Å². The van der Waals surface area contributed by atoms with Crippen molar-refractivity contribution >= 4 is 5.91 Å². The fourth-order valence-corrected chi connectivity index (χ4v) is 3.87. The molecule has 1 heterocycles. The number of nitrogens with one attached hydrogen (secondary N) is 1. The molecule has 1 amide bonds. The summed E-state index contributed by atoms with van der Waals surface area (Å²) in [5, 5.41) is 3.17. The Bertz CT molecular complexity index is 523. The Hall–Kier alpha value is -1.43. The fraction of sp³-hybridized carbons (Fsp3) is 0.632. The van der Waals surface area contributed by atoms with E-state index in [4.69, 9.17) is 10.5 Å². The summed E-state index contributed by atoms with van der Waals surface area (Å²) in [5.41, 5.74) is 7.10. The van der Waals surface area contributed by atoms with Crippen molar-refractivity contribution in [3.63, 3.8) is 0 Å². The second kappa shape index (κ2) is 8.60. The molecule has 1 aromatic carbocycles. The summed E-state index contributed by atoms with van der Waals surface area (Å²) in [6.45, 7) is 4.01. The number of benzene rings is 1. The van der Waals surface area contributed by atoms with E-state index in [9.17, 15) is 4.79 Å². The summed E-state index contributed by atoms with van der Waals surface area (Å²) in [4.78, 5) is 14.7. The number of morpholine rings is 1. The predicted octanol–water partition coefficient (Wildman–Crippen LogP) is 1.52. The van der Waals surface area contributed by atoms with Crippen LogP contribution in [0.5, 0.6) is 0 Å². The summed E-state index contributed by atoms with van der Waals surface area (Å²) in [6.07, 6.45) is 3.78. The molecule has 5 heteroatoms. The van der Waals surface area contributed by atoms with E-state index < -0.39 is 0 Å². The minimum Gasteiger partial charge on any atom is -0.375 e. The molecule has 3 atom stereocenters. The lowest BCUT2D eigenvalue weighted by atomic mass is 10.0. The molecular formula is C19H29N3O2. The maximum Gasteiger partial charge on any atom is 0.222 e. The van der Waals surface area contributed by atoms with Gasteiger partial charge in [0.25, 0.3) is 0 Å². The van der Waals surface area contributed by atoms with E-state index >= 15 is 0 Å². The van der Waals surface area contributed by atoms with Crippen LogP contribution in [0.4, 0.5) is 0 Å². The van der Waals surface area contributed by atoms with Gasteiger partial charge in [0.15, 0.2) is 0 Å². The average Bonchev–Trinajstić information content (AvgIpc) is 3.03. The number of ether oxygens (including phenoxy) is 1. The van der Waals surface area contributed by atoms with Crippen molar-refractivity contribution in [2.75, 3.05) is 26.2 Å². The molecule has 3 rings (SSSR count). The maximum absolute atomic E-state index is 12.3. The van der Waals surface area contributed by atoms with Gasteiger partial charge in [-0.3, -0.25) is 9.69 Å². The summed E-state index contributed by atoms with van der Waals surface area (Å²) < 4.78 is 5.81. The zero-order valence-electron chi connectivity index (χ0n) is 14.3. The summed E-state index contributed by atoms with van der Waals surface area (Å²) >= 11 is 0. The van der Waals surface area contributed by atoms with Crippen LogP contribution in [-0.2, 0) is 16.1 Å². The Morgan fingerprint density at radius 1 is 1.29 bits per heavy atom. The molecule has 0 bridgehead atoms. The molecule has 1 aliphatic heterocycles. The molecule has 1 aromatic rings. The molecule has 3 unspecified atom stereocenters. The SMILES string of the molecule is NCC1CCCC1NC(=O)CC1CN(Cc2ccccc2)CCO1. The number of hydrogen-bond acceptors (Lipinski definition) is 4. The highest BCUT2D eigenvalue weighted by atomic mass is 16.5. The van der Waals surface area contributed by atoms with Gasteiger partial charge in [-0.15, -0.1) is 0 Å². The molecule has 132 valence electrons. The van der Waals surface area contributed by atoms with Gasteiger partial charge in [-0.25, -0.2) is 0 Å². The van der Waals surface area contributed by atoms with Crippen molar-refractivity contribution in [2.24, 2.45) is 11.7 Å². The molecule has 5 nitrogen and oxygen atoms in total. The van der Waals surface area contributed by atoms with E-state index in [0.29, 0.717) is 25.5 Å². The first-order valence-electron chi connectivity index (χ1n) is 9.12. The highest BCUT2D eigenvalue weighted by molar-refractivity contribution is 5.76. The van der Waals surface area contributed by atoms with E-state index in [1.165, 1.54) is 5.56 Å². The zero-order chi connectivity index (χ0) is 16.8. The summed E-state index contributed by atoms with van der Waals surface area (Å²) in [7, 11) is 0. The van der Waals surface area contributed by atoms with E-state index in [2.05, 4.69) is 34.5 Å². The number of amides is 1. The van der Waals surface area contributed by atoms with Gasteiger partial charge in [0.05, 0.1) is 19.1 Å². The Labute approximate surface area is 144 Å². The van der Waals surface area contributed by atoms with Gasteiger partial charge in [0.2, 0.25) is 5.91 Å². The second-order valence-electron chi connectivity index (χ2n) is 7.02. The van der Waals surface area contributed by atoms with Crippen LogP contribution in [0.1, 0.15) is 31.2 Å². The van der Waals surface area contributed by atoms with Crippen LogP contribution in [0.2, 0.25) is 0 Å². The molecule has 0 aromatic heterocycles. The first kappa shape index (κ1) is 17.4. The van der Waals surface area contributed by atoms with Gasteiger partial charge in [0, 0.05) is 25.7 Å². The van der Waals surface area contributed by atoms with Crippen molar-refractivity contribution in [2.45, 2.75) is 44.4 Å². The molecule has 3 N–H and O–H groups in total. The third-order valence-electron chi connectivity index (χ3n) is 5.19. The van der Waals surface area contributed by atoms with Gasteiger partial charge >= 0.3 is 0 Å². The molecule has 24 heavy (non-hydrogen) atoms. The third-order valence-corrected chi connectivity index (χ3v) is 5.19. The first-order chi connectivity index (χ1) is 11.7. The van der Waals surface area contributed by atoms with Gasteiger partial charge in [-0.05, 0) is 30.9 Å². The van der Waals surface area contributed by atoms with E-state index in [0.717, 1.165) is 38.9 Å². The normalized spacial score (nSPS) is 28.0. The van der Waals surface area contributed by atoms with Gasteiger partial charge in [-0.2, -0.15) is 0 Å². The van der Waals surface area contributed by atoms with Crippen LogP contribution >= 0.6 is 0 Å². The second-order valence-corrected chi connectivity index (χ2v) is 7.02. The number of rotatable bonds is 6. The van der Waals surface area contributed by atoms with Crippen molar-refractivity contribution in [1.29, 1.82) is 0 Å². The van der Waals surface area contributed by atoms with Gasteiger partial charge < -0.3 is 15.8 Å². The van der Waals surface area contributed by atoms with Crippen molar-refractivity contribution < 1.29 is 9.53 Å². The third kappa shape index (κ3) is 4.79. The largest absolute Gasteiger partial charge is 0.375 e. The fourth-order valence-electron chi connectivity index (χ4n) is 3.87. The molecule has 0 spiro atoms. The highest BCUT2D eigenvalue weighted by Crippen LogP contribution is 2.24. The molecule has 0 radical (unpaired) electrons. The number of nitrogens with zero attached hydrogens (tertiary/aromatic N) is 1. The van der Waals surface area contributed by atoms with Gasteiger partial charge in [0.1, 0.15) is 0 Å². The standard InChI is InChI=1S/C19H29N3O2/c20-12-16-7-4-8-18(16)21-19(23)11-17-14-22(9-10-24-17)13-15-5-2-1-3-6-15/h1-3,5-6,16-18H,4,7-14,20H2,(H,21,23). The molecule has 1 saturated carbocycles. The van der Waals surface area contributed by atoms with Crippen molar-refractivity contribution in [3.8, 4) is 0 Å². The van der Waals surface area contributed by atoms with E-state index in [1.807, 2.05) is 6.07 Å². The van der Waals surface area contributed by atoms with Crippen molar-refractivity contribution in [1.82, 2.24) is 10.2 Å². The topological polar surface area (TPSA) is 67.6 Å². The van der Waals surface area contributed by atoms with Crippen LogP contribution in [0, 0.1) is 5.92 Å². The lowest BCUT2D eigenvalue weighted by Crippen LogP contribution is -2.46. The van der Waals surface area contributed by atoms with E-state index in [1.54, 1.807) is 0 Å². The lowest BCUT2D eigenvalue weighted by molar-refractivity contribution is -0.127. The summed E-state index contributed by atoms with van der Waals surface area (Å²) in [6, 6.07) is 10.7. The highest BCUT2D eigenvalue weighted by Gasteiger charge is 2.29. The number of hydrogen-bond donors (Lipinski definition) is 2. The zero-order valence-corrected chi connectivity index (χ0v) is 14.3. The molecule has 1 saturated heterocycles. The summed E-state index contributed by atoms with van der Waals surface area (Å²) in [5.74, 6) is 0.544. The maximum atomic E-state index is 12.3. The predicted molar refractivity (Wildman–Crippen MR) is 94.4 cm³/mol. The number of carbonyl (C=O) groups is 1. The minimum absolute atomic E-state index is 0.0137. The van der Waals surface area contributed by atoms with Crippen LogP contribution in [-0.4, -0.2) is 49.2 Å². The monoisotopic (exact) mass is 331 g/mol. The Morgan fingerprint density at radius 2 is 2.12 bits per heavy atom. The Kier molecular flexibility index (Phi) is 6.24. The lowest BCUT2D eigenvalue weighted by Gasteiger charge is -2.33. The van der Waals surface area contributed by atoms with Crippen LogP contribution in [0.3, 0.4) is 0 Å². The Morgan fingerprint density at radius 3 is 2.92 bits per heavy atom. The quantitative estimate of drug-likeness (QED) is 0.829. The van der Waals surface area contributed by atoms with Gasteiger partial charge in [-0.1, -0.05) is 36.8 Å². The molecular weight excluding hydrogens is 302 g/mol. The molecule has 1 aliphatic carbocycles. The smallest absolute Gasteiger partial charge is 0.222 e.